The molecule has 6 nitrogen and oxygen atoms in total. The van der Waals surface area contributed by atoms with Gasteiger partial charge in [-0.2, -0.15) is 0 Å². The van der Waals surface area contributed by atoms with E-state index in [0.29, 0.717) is 23.9 Å². The first kappa shape index (κ1) is 24.5. The first-order valence-electron chi connectivity index (χ1n) is 11.2. The molecule has 1 aliphatic rings. The smallest absolute Gasteiger partial charge is 0.195 e. The third-order valence-corrected chi connectivity index (χ3v) is 5.54. The summed E-state index contributed by atoms with van der Waals surface area (Å²) in [5.41, 5.74) is 1.82. The highest BCUT2D eigenvalue weighted by Crippen LogP contribution is 2.26. The quantitative estimate of drug-likeness (QED) is 0.418. The van der Waals surface area contributed by atoms with Crippen LogP contribution in [0.1, 0.15) is 91.9 Å². The molecule has 0 unspecified atom stereocenters. The van der Waals surface area contributed by atoms with Gasteiger partial charge in [-0.05, 0) is 45.6 Å². The number of carbonyl (C=O) groups excluding carboxylic acids is 3. The summed E-state index contributed by atoms with van der Waals surface area (Å²) in [6, 6.07) is 1.93. The maximum atomic E-state index is 12.0. The van der Waals surface area contributed by atoms with E-state index in [1.807, 2.05) is 49.3 Å². The van der Waals surface area contributed by atoms with Crippen LogP contribution < -0.4 is 0 Å². The van der Waals surface area contributed by atoms with Crippen molar-refractivity contribution in [3.63, 3.8) is 0 Å². The number of aryl methyl sites for hydroxylation is 2. The highest BCUT2D eigenvalue weighted by atomic mass is 16.1. The van der Waals surface area contributed by atoms with E-state index in [2.05, 4.69) is 4.98 Å². The van der Waals surface area contributed by atoms with Crippen LogP contribution in [-0.4, -0.2) is 31.5 Å². The zero-order valence-corrected chi connectivity index (χ0v) is 19.3. The van der Waals surface area contributed by atoms with E-state index < -0.39 is 0 Å². The molecule has 2 heterocycles. The van der Waals surface area contributed by atoms with Crippen LogP contribution in [0.4, 0.5) is 0 Å². The molecule has 1 saturated carbocycles. The van der Waals surface area contributed by atoms with Crippen molar-refractivity contribution >= 4 is 23.5 Å². The highest BCUT2D eigenvalue weighted by Gasteiger charge is 2.22. The Morgan fingerprint density at radius 2 is 1.87 bits per heavy atom. The van der Waals surface area contributed by atoms with Crippen molar-refractivity contribution in [3.8, 4) is 0 Å². The van der Waals surface area contributed by atoms with Crippen LogP contribution in [0.25, 0.3) is 6.20 Å². The molecule has 3 rings (SSSR count). The number of aromatic nitrogens is 3. The van der Waals surface area contributed by atoms with Gasteiger partial charge in [0.15, 0.2) is 17.4 Å². The minimum atomic E-state index is -0.0496. The first-order valence-corrected chi connectivity index (χ1v) is 11.2. The zero-order chi connectivity index (χ0) is 22.8. The molecule has 0 bridgehead atoms. The first-order chi connectivity index (χ1) is 14.8. The van der Waals surface area contributed by atoms with Gasteiger partial charge in [-0.15, -0.1) is 0 Å². The van der Waals surface area contributed by atoms with Crippen molar-refractivity contribution in [3.05, 3.63) is 47.8 Å². The fraction of sp³-hybridized carbons (Fsp3) is 0.520. The third-order valence-electron chi connectivity index (χ3n) is 5.54. The Morgan fingerprint density at radius 1 is 1.16 bits per heavy atom. The van der Waals surface area contributed by atoms with E-state index in [1.54, 1.807) is 17.7 Å². The largest absolute Gasteiger partial charge is 0.357 e. The maximum Gasteiger partial charge on any atom is 0.195 e. The van der Waals surface area contributed by atoms with Gasteiger partial charge in [0.25, 0.3) is 0 Å². The van der Waals surface area contributed by atoms with Gasteiger partial charge in [0.1, 0.15) is 5.78 Å². The number of unbranched alkanes of at least 4 members (excludes halogenated alkanes) is 1. The Bertz CT molecular complexity index is 914. The van der Waals surface area contributed by atoms with Gasteiger partial charge in [-0.1, -0.05) is 25.3 Å². The SMILES string of the molecule is CC(=O)CCC/C=C/n1c(C)cnc1C(C)=O.Cn1ccc(C(=O)C2CCCCC2)c1. The molecular formula is C25H35N3O3. The molecular weight excluding hydrogens is 390 g/mol. The van der Waals surface area contributed by atoms with E-state index in [0.717, 1.165) is 36.9 Å². The number of rotatable bonds is 8. The Morgan fingerprint density at radius 3 is 2.45 bits per heavy atom. The van der Waals surface area contributed by atoms with Gasteiger partial charge in [0.2, 0.25) is 0 Å². The number of allylic oxidation sites excluding steroid dienone is 1. The number of Topliss-reactive ketones (excluding diaryl/α,β-unsaturated/α-hetero) is 3. The fourth-order valence-corrected chi connectivity index (χ4v) is 3.79. The summed E-state index contributed by atoms with van der Waals surface area (Å²) in [4.78, 5) is 38.1. The highest BCUT2D eigenvalue weighted by molar-refractivity contribution is 5.97. The van der Waals surface area contributed by atoms with Gasteiger partial charge in [0.05, 0.1) is 0 Å². The second-order valence-electron chi connectivity index (χ2n) is 8.39. The molecule has 1 aliphatic carbocycles. The van der Waals surface area contributed by atoms with Gasteiger partial charge in [0, 0.05) is 62.4 Å². The van der Waals surface area contributed by atoms with Crippen LogP contribution in [-0.2, 0) is 11.8 Å². The minimum absolute atomic E-state index is 0.0496. The van der Waals surface area contributed by atoms with Crippen LogP contribution in [0.5, 0.6) is 0 Å². The number of carbonyl (C=O) groups is 3. The molecule has 2 aromatic heterocycles. The summed E-state index contributed by atoms with van der Waals surface area (Å²) < 4.78 is 3.71. The molecule has 0 aromatic carbocycles. The van der Waals surface area contributed by atoms with Gasteiger partial charge < -0.3 is 13.9 Å². The van der Waals surface area contributed by atoms with E-state index >= 15 is 0 Å². The summed E-state index contributed by atoms with van der Waals surface area (Å²) in [5.74, 6) is 1.26. The van der Waals surface area contributed by atoms with Crippen molar-refractivity contribution in [2.45, 2.75) is 72.1 Å². The lowest BCUT2D eigenvalue weighted by atomic mass is 9.84. The van der Waals surface area contributed by atoms with Gasteiger partial charge in [-0.25, -0.2) is 4.98 Å². The Kier molecular flexibility index (Phi) is 9.63. The summed E-state index contributed by atoms with van der Waals surface area (Å²) in [6.45, 7) is 5.00. The predicted octanol–water partition coefficient (Wildman–Crippen LogP) is 5.41. The average molecular weight is 426 g/mol. The minimum Gasteiger partial charge on any atom is -0.357 e. The Balaban J connectivity index is 0.000000224. The second kappa shape index (κ2) is 12.2. The molecule has 0 saturated heterocycles. The van der Waals surface area contributed by atoms with Crippen molar-refractivity contribution in [1.82, 2.24) is 14.1 Å². The standard InChI is InChI=1S/C13H18N2O2.C12H17NO/c1-10-9-14-13(12(3)17)15(10)8-6-4-5-7-11(2)16;1-13-8-7-11(9-13)12(14)10-5-3-2-4-6-10/h6,8-9H,4-5,7H2,1-3H3;7-10H,2-6H2,1H3/b8-6+;. The monoisotopic (exact) mass is 425 g/mol. The van der Waals surface area contributed by atoms with Gasteiger partial charge in [-0.3, -0.25) is 9.59 Å². The molecule has 6 heteroatoms. The number of hydrogen-bond donors (Lipinski definition) is 0. The van der Waals surface area contributed by atoms with E-state index in [4.69, 9.17) is 0 Å². The van der Waals surface area contributed by atoms with Crippen molar-refractivity contribution in [1.29, 1.82) is 0 Å². The van der Waals surface area contributed by atoms with Crippen LogP contribution in [0, 0.1) is 12.8 Å². The van der Waals surface area contributed by atoms with E-state index in [9.17, 15) is 14.4 Å². The van der Waals surface area contributed by atoms with E-state index in [1.165, 1.54) is 26.2 Å². The number of imidazole rings is 1. The number of nitrogens with zero attached hydrogens (tertiary/aromatic N) is 3. The van der Waals surface area contributed by atoms with Crippen molar-refractivity contribution in [2.75, 3.05) is 0 Å². The summed E-state index contributed by atoms with van der Waals surface area (Å²) >= 11 is 0. The number of ketones is 3. The Hall–Kier alpha value is -2.76. The lowest BCUT2D eigenvalue weighted by Crippen LogP contribution is -2.17. The molecule has 0 atom stereocenters. The molecule has 0 N–H and O–H groups in total. The second-order valence-corrected chi connectivity index (χ2v) is 8.39. The molecule has 2 aromatic rings. The van der Waals surface area contributed by atoms with Gasteiger partial charge >= 0.3 is 0 Å². The van der Waals surface area contributed by atoms with Crippen LogP contribution in [0.15, 0.2) is 30.7 Å². The molecule has 0 spiro atoms. The normalized spacial score (nSPS) is 14.3. The van der Waals surface area contributed by atoms with Crippen molar-refractivity contribution < 1.29 is 14.4 Å². The summed E-state index contributed by atoms with van der Waals surface area (Å²) in [7, 11) is 1.96. The fourth-order valence-electron chi connectivity index (χ4n) is 3.79. The molecule has 0 radical (unpaired) electrons. The van der Waals surface area contributed by atoms with Crippen LogP contribution in [0.3, 0.4) is 0 Å². The van der Waals surface area contributed by atoms with Crippen LogP contribution >= 0.6 is 0 Å². The van der Waals surface area contributed by atoms with E-state index in [-0.39, 0.29) is 11.6 Å². The summed E-state index contributed by atoms with van der Waals surface area (Å²) in [5, 5.41) is 0. The predicted molar refractivity (Wildman–Crippen MR) is 123 cm³/mol. The molecule has 0 aliphatic heterocycles. The lowest BCUT2D eigenvalue weighted by Gasteiger charge is -2.19. The Labute approximate surface area is 185 Å². The van der Waals surface area contributed by atoms with Crippen LogP contribution in [0.2, 0.25) is 0 Å². The molecule has 1 fully saturated rings. The molecule has 0 amide bonds. The lowest BCUT2D eigenvalue weighted by molar-refractivity contribution is -0.117. The third kappa shape index (κ3) is 7.78. The molecule has 31 heavy (non-hydrogen) atoms. The zero-order valence-electron chi connectivity index (χ0n) is 19.3. The van der Waals surface area contributed by atoms with Crippen molar-refractivity contribution in [2.24, 2.45) is 13.0 Å². The molecule has 168 valence electrons. The maximum absolute atomic E-state index is 12.0. The topological polar surface area (TPSA) is 74.0 Å². The summed E-state index contributed by atoms with van der Waals surface area (Å²) in [6.07, 6.45) is 17.6. The number of hydrogen-bond acceptors (Lipinski definition) is 4. The average Bonchev–Trinajstić information content (AvgIpc) is 3.34.